The van der Waals surface area contributed by atoms with E-state index < -0.39 is 5.60 Å². The van der Waals surface area contributed by atoms with Crippen molar-refractivity contribution < 1.29 is 14.3 Å². The van der Waals surface area contributed by atoms with Crippen LogP contribution >= 0.6 is 0 Å². The third kappa shape index (κ3) is 1.13. The largest absolute Gasteiger partial charge is 0.466 e. The summed E-state index contributed by atoms with van der Waals surface area (Å²) in [6.07, 6.45) is 6.17. The van der Waals surface area contributed by atoms with E-state index >= 15 is 0 Å². The van der Waals surface area contributed by atoms with Crippen LogP contribution in [0.5, 0.6) is 0 Å². The Morgan fingerprint density at radius 3 is 3.07 bits per heavy atom. The highest BCUT2D eigenvalue weighted by Crippen LogP contribution is 2.57. The summed E-state index contributed by atoms with van der Waals surface area (Å²) in [5, 5.41) is 10.6. The van der Waals surface area contributed by atoms with Crippen molar-refractivity contribution in [2.75, 3.05) is 0 Å². The molecule has 0 radical (unpaired) electrons. The smallest absolute Gasteiger partial charge is 0.151 e. The van der Waals surface area contributed by atoms with Crippen LogP contribution in [0.1, 0.15) is 38.4 Å². The highest BCUT2D eigenvalue weighted by atomic mass is 16.6. The second-order valence-corrected chi connectivity index (χ2v) is 4.79. The molecule has 2 aliphatic rings. The lowest BCUT2D eigenvalue weighted by atomic mass is 9.76. The monoisotopic (exact) mass is 208 g/mol. The third-order valence-corrected chi connectivity index (χ3v) is 3.90. The van der Waals surface area contributed by atoms with Gasteiger partial charge in [0.15, 0.2) is 5.60 Å². The molecule has 1 aromatic rings. The van der Waals surface area contributed by atoms with Crippen LogP contribution in [0, 0.1) is 0 Å². The number of hydrogen-bond acceptors (Lipinski definition) is 3. The van der Waals surface area contributed by atoms with E-state index in [2.05, 4.69) is 0 Å². The first-order valence-corrected chi connectivity index (χ1v) is 5.61. The van der Waals surface area contributed by atoms with Crippen LogP contribution in [-0.4, -0.2) is 16.8 Å². The van der Waals surface area contributed by atoms with Crippen LogP contribution in [0.15, 0.2) is 22.8 Å². The molecule has 0 bridgehead atoms. The maximum Gasteiger partial charge on any atom is 0.151 e. The second-order valence-electron chi connectivity index (χ2n) is 4.79. The van der Waals surface area contributed by atoms with Gasteiger partial charge in [0.05, 0.1) is 12.4 Å². The van der Waals surface area contributed by atoms with Crippen LogP contribution in [0.4, 0.5) is 0 Å². The number of rotatable bonds is 2. The summed E-state index contributed by atoms with van der Waals surface area (Å²) >= 11 is 0. The highest BCUT2D eigenvalue weighted by molar-refractivity contribution is 5.23. The summed E-state index contributed by atoms with van der Waals surface area (Å²) in [5.74, 6) is 0.618. The van der Waals surface area contributed by atoms with E-state index in [1.807, 2.05) is 6.07 Å². The van der Waals surface area contributed by atoms with Crippen molar-refractivity contribution in [2.24, 2.45) is 0 Å². The predicted molar refractivity (Wildman–Crippen MR) is 54.4 cm³/mol. The molecule has 1 aliphatic heterocycles. The van der Waals surface area contributed by atoms with Gasteiger partial charge in [-0.05, 0) is 31.9 Å². The SMILES string of the molecule is C[C@@](O)(c1ccco1)[C@]12CCCC[C@H]1O2. The molecule has 3 heteroatoms. The van der Waals surface area contributed by atoms with Gasteiger partial charge in [0.2, 0.25) is 0 Å². The van der Waals surface area contributed by atoms with Gasteiger partial charge in [0.1, 0.15) is 11.4 Å². The average molecular weight is 208 g/mol. The fraction of sp³-hybridized carbons (Fsp3) is 0.667. The fourth-order valence-electron chi connectivity index (χ4n) is 2.88. The van der Waals surface area contributed by atoms with Gasteiger partial charge >= 0.3 is 0 Å². The predicted octanol–water partition coefficient (Wildman–Crippen LogP) is 2.20. The minimum atomic E-state index is -0.985. The first kappa shape index (κ1) is 9.43. The molecule has 3 atom stereocenters. The summed E-state index contributed by atoms with van der Waals surface area (Å²) in [7, 11) is 0. The van der Waals surface area contributed by atoms with Crippen LogP contribution in [0.25, 0.3) is 0 Å². The Hall–Kier alpha value is -0.800. The summed E-state index contributed by atoms with van der Waals surface area (Å²) in [6, 6.07) is 3.63. The minimum absolute atomic E-state index is 0.228. The van der Waals surface area contributed by atoms with Crippen molar-refractivity contribution in [2.45, 2.75) is 49.9 Å². The Bertz CT molecular complexity index is 355. The van der Waals surface area contributed by atoms with Crippen molar-refractivity contribution in [3.05, 3.63) is 24.2 Å². The Labute approximate surface area is 89.0 Å². The number of aliphatic hydroxyl groups is 1. The zero-order valence-corrected chi connectivity index (χ0v) is 8.90. The molecule has 1 aromatic heterocycles. The van der Waals surface area contributed by atoms with Crippen LogP contribution < -0.4 is 0 Å². The molecule has 1 saturated heterocycles. The van der Waals surface area contributed by atoms with E-state index in [0.29, 0.717) is 5.76 Å². The van der Waals surface area contributed by atoms with Crippen molar-refractivity contribution >= 4 is 0 Å². The lowest BCUT2D eigenvalue weighted by Crippen LogP contribution is -2.42. The van der Waals surface area contributed by atoms with Gasteiger partial charge in [-0.1, -0.05) is 12.8 Å². The van der Waals surface area contributed by atoms with Gasteiger partial charge in [-0.25, -0.2) is 0 Å². The zero-order valence-electron chi connectivity index (χ0n) is 8.90. The van der Waals surface area contributed by atoms with Gasteiger partial charge in [-0.2, -0.15) is 0 Å². The molecule has 1 aliphatic carbocycles. The van der Waals surface area contributed by atoms with Crippen LogP contribution in [-0.2, 0) is 10.3 Å². The number of ether oxygens (including phenoxy) is 1. The number of fused-ring (bicyclic) bond motifs is 1. The minimum Gasteiger partial charge on any atom is -0.466 e. The molecule has 2 heterocycles. The van der Waals surface area contributed by atoms with E-state index in [-0.39, 0.29) is 11.7 Å². The molecule has 0 amide bonds. The normalized spacial score (nSPS) is 38.1. The molecular formula is C12H16O3. The lowest BCUT2D eigenvalue weighted by molar-refractivity contribution is -0.0496. The Kier molecular flexibility index (Phi) is 1.80. The molecule has 82 valence electrons. The molecule has 1 N–H and O–H groups in total. The molecule has 3 nitrogen and oxygen atoms in total. The highest BCUT2D eigenvalue weighted by Gasteiger charge is 2.68. The molecule has 0 aromatic carbocycles. The fourth-order valence-corrected chi connectivity index (χ4v) is 2.88. The summed E-state index contributed by atoms with van der Waals surface area (Å²) in [4.78, 5) is 0. The molecule has 1 saturated carbocycles. The van der Waals surface area contributed by atoms with Gasteiger partial charge in [-0.15, -0.1) is 0 Å². The van der Waals surface area contributed by atoms with Crippen molar-refractivity contribution in [3.63, 3.8) is 0 Å². The average Bonchev–Trinajstić information content (AvgIpc) is 2.73. The standard InChI is InChI=1S/C12H16O3/c1-11(13,9-6-4-8-14-9)12-7-3-2-5-10(12)15-12/h4,6,8,10,13H,2-3,5,7H2,1H3/t10-,11-,12+/m1/s1. The third-order valence-electron chi connectivity index (χ3n) is 3.90. The van der Waals surface area contributed by atoms with E-state index in [1.165, 1.54) is 6.42 Å². The van der Waals surface area contributed by atoms with E-state index in [9.17, 15) is 5.11 Å². The Morgan fingerprint density at radius 1 is 1.53 bits per heavy atom. The van der Waals surface area contributed by atoms with Gasteiger partial charge in [0, 0.05) is 0 Å². The van der Waals surface area contributed by atoms with E-state index in [0.717, 1.165) is 19.3 Å². The van der Waals surface area contributed by atoms with Crippen molar-refractivity contribution in [1.29, 1.82) is 0 Å². The lowest BCUT2D eigenvalue weighted by Gasteiger charge is -2.31. The second kappa shape index (κ2) is 2.86. The van der Waals surface area contributed by atoms with Gasteiger partial charge in [-0.3, -0.25) is 0 Å². The van der Waals surface area contributed by atoms with Crippen LogP contribution in [0.3, 0.4) is 0 Å². The molecule has 3 rings (SSSR count). The Balaban J connectivity index is 1.93. The van der Waals surface area contributed by atoms with Crippen molar-refractivity contribution in [3.8, 4) is 0 Å². The van der Waals surface area contributed by atoms with Gasteiger partial charge < -0.3 is 14.3 Å². The number of epoxide rings is 1. The summed E-state index contributed by atoms with van der Waals surface area (Å²) in [5.41, 5.74) is -1.36. The molecule has 0 unspecified atom stereocenters. The first-order valence-electron chi connectivity index (χ1n) is 5.61. The summed E-state index contributed by atoms with van der Waals surface area (Å²) < 4.78 is 11.1. The summed E-state index contributed by atoms with van der Waals surface area (Å²) in [6.45, 7) is 1.80. The first-order chi connectivity index (χ1) is 7.17. The molecule has 15 heavy (non-hydrogen) atoms. The van der Waals surface area contributed by atoms with Crippen LogP contribution in [0.2, 0.25) is 0 Å². The maximum absolute atomic E-state index is 10.6. The van der Waals surface area contributed by atoms with Crippen molar-refractivity contribution in [1.82, 2.24) is 0 Å². The molecule has 0 spiro atoms. The molecular weight excluding hydrogens is 192 g/mol. The molecule has 2 fully saturated rings. The quantitative estimate of drug-likeness (QED) is 0.758. The zero-order chi connectivity index (χ0) is 10.5. The van der Waals surface area contributed by atoms with E-state index in [1.54, 1.807) is 19.3 Å². The maximum atomic E-state index is 10.6. The topological polar surface area (TPSA) is 45.9 Å². The Morgan fingerprint density at radius 2 is 2.40 bits per heavy atom. The number of furan rings is 1. The van der Waals surface area contributed by atoms with Gasteiger partial charge in [0.25, 0.3) is 0 Å². The number of hydrogen-bond donors (Lipinski definition) is 1. The van der Waals surface area contributed by atoms with E-state index in [4.69, 9.17) is 9.15 Å².